The zero-order valence-electron chi connectivity index (χ0n) is 17.5. The number of aryl methyl sites for hydroxylation is 2. The number of Topliss-reactive ketones (excluding diaryl/α,β-unsaturated/α-hetero) is 1. The van der Waals surface area contributed by atoms with E-state index in [4.69, 9.17) is 16.6 Å². The van der Waals surface area contributed by atoms with Crippen LogP contribution in [0.3, 0.4) is 0 Å². The van der Waals surface area contributed by atoms with Gasteiger partial charge in [0.1, 0.15) is 10.6 Å². The molecule has 0 aliphatic rings. The number of carbonyl (C=O) groups excluding carboxylic acids is 1. The van der Waals surface area contributed by atoms with Crippen LogP contribution >= 0.6 is 34.7 Å². The van der Waals surface area contributed by atoms with E-state index in [0.29, 0.717) is 31.6 Å². The average molecular weight is 487 g/mol. The summed E-state index contributed by atoms with van der Waals surface area (Å²) in [6, 6.07) is 12.4. The van der Waals surface area contributed by atoms with E-state index >= 15 is 0 Å². The molecule has 0 aliphatic heterocycles. The molecule has 4 aromatic rings. The molecule has 164 valence electrons. The van der Waals surface area contributed by atoms with Gasteiger partial charge in [0.15, 0.2) is 10.9 Å². The Bertz CT molecular complexity index is 1350. The SMILES string of the molecule is CCCc1sc2nc(SCC(=O)c3ccc(Cl)cc3)n(-c3ccc(F)cc3)c(=O)c2c1C. The Morgan fingerprint density at radius 3 is 2.50 bits per heavy atom. The maximum atomic E-state index is 13.5. The Balaban J connectivity index is 1.79. The van der Waals surface area contributed by atoms with Gasteiger partial charge in [-0.05, 0) is 67.4 Å². The Kier molecular flexibility index (Phi) is 6.79. The average Bonchev–Trinajstić information content (AvgIpc) is 3.09. The van der Waals surface area contributed by atoms with Gasteiger partial charge in [0.25, 0.3) is 5.56 Å². The summed E-state index contributed by atoms with van der Waals surface area (Å²) >= 11 is 8.62. The molecule has 0 amide bonds. The van der Waals surface area contributed by atoms with Crippen molar-refractivity contribution >= 4 is 50.7 Å². The molecule has 0 radical (unpaired) electrons. The number of halogens is 2. The normalized spacial score (nSPS) is 11.2. The molecule has 32 heavy (non-hydrogen) atoms. The van der Waals surface area contributed by atoms with Crippen LogP contribution in [0.5, 0.6) is 0 Å². The number of nitrogens with zero attached hydrogens (tertiary/aromatic N) is 2. The van der Waals surface area contributed by atoms with Crippen molar-refractivity contribution in [1.82, 2.24) is 9.55 Å². The van der Waals surface area contributed by atoms with Crippen molar-refractivity contribution in [2.45, 2.75) is 31.8 Å². The molecular formula is C24H20ClFN2O2S2. The predicted octanol–water partition coefficient (Wildman–Crippen LogP) is 6.48. The van der Waals surface area contributed by atoms with Crippen LogP contribution in [0.25, 0.3) is 15.9 Å². The van der Waals surface area contributed by atoms with Crippen molar-refractivity contribution in [3.05, 3.63) is 85.7 Å². The summed E-state index contributed by atoms with van der Waals surface area (Å²) in [5, 5.41) is 1.54. The predicted molar refractivity (Wildman–Crippen MR) is 130 cm³/mol. The lowest BCUT2D eigenvalue weighted by Crippen LogP contribution is -2.22. The second-order valence-electron chi connectivity index (χ2n) is 7.31. The summed E-state index contributed by atoms with van der Waals surface area (Å²) in [5.74, 6) is -0.381. The smallest absolute Gasteiger partial charge is 0.267 e. The van der Waals surface area contributed by atoms with Crippen molar-refractivity contribution < 1.29 is 9.18 Å². The standard InChI is InChI=1S/C24H20ClFN2O2S2/c1-3-4-20-14(2)21-22(32-20)27-24(28(23(21)30)18-11-9-17(26)10-12-18)31-13-19(29)15-5-7-16(25)8-6-15/h5-12H,3-4,13H2,1-2H3. The van der Waals surface area contributed by atoms with Gasteiger partial charge >= 0.3 is 0 Å². The Morgan fingerprint density at radius 2 is 1.84 bits per heavy atom. The molecule has 4 nitrogen and oxygen atoms in total. The van der Waals surface area contributed by atoms with Crippen LogP contribution in [0.1, 0.15) is 34.1 Å². The van der Waals surface area contributed by atoms with Crippen molar-refractivity contribution in [2.24, 2.45) is 0 Å². The second kappa shape index (κ2) is 9.57. The zero-order valence-corrected chi connectivity index (χ0v) is 19.9. The van der Waals surface area contributed by atoms with Gasteiger partial charge in [0, 0.05) is 15.5 Å². The minimum Gasteiger partial charge on any atom is -0.293 e. The lowest BCUT2D eigenvalue weighted by Gasteiger charge is -2.12. The topological polar surface area (TPSA) is 52.0 Å². The number of thioether (sulfide) groups is 1. The fourth-order valence-electron chi connectivity index (χ4n) is 3.44. The summed E-state index contributed by atoms with van der Waals surface area (Å²) in [5.41, 5.74) is 1.78. The summed E-state index contributed by atoms with van der Waals surface area (Å²) < 4.78 is 15.0. The molecule has 0 saturated heterocycles. The number of hydrogen-bond acceptors (Lipinski definition) is 5. The minimum atomic E-state index is -0.389. The number of benzene rings is 2. The molecule has 0 atom stereocenters. The molecule has 0 N–H and O–H groups in total. The first-order valence-electron chi connectivity index (χ1n) is 10.1. The second-order valence-corrected chi connectivity index (χ2v) is 9.77. The highest BCUT2D eigenvalue weighted by Gasteiger charge is 2.20. The highest BCUT2D eigenvalue weighted by Crippen LogP contribution is 2.31. The fraction of sp³-hybridized carbons (Fsp3) is 0.208. The molecule has 8 heteroatoms. The number of ketones is 1. The summed E-state index contributed by atoms with van der Waals surface area (Å²) in [4.78, 5) is 32.8. The van der Waals surface area contributed by atoms with Gasteiger partial charge in [-0.1, -0.05) is 36.7 Å². The van der Waals surface area contributed by atoms with Crippen LogP contribution in [-0.2, 0) is 6.42 Å². The molecule has 0 bridgehead atoms. The molecular weight excluding hydrogens is 467 g/mol. The maximum Gasteiger partial charge on any atom is 0.267 e. The van der Waals surface area contributed by atoms with Crippen LogP contribution in [0.4, 0.5) is 4.39 Å². The highest BCUT2D eigenvalue weighted by molar-refractivity contribution is 7.99. The number of rotatable bonds is 7. The lowest BCUT2D eigenvalue weighted by atomic mass is 10.1. The van der Waals surface area contributed by atoms with E-state index in [1.807, 2.05) is 6.92 Å². The molecule has 0 saturated carbocycles. The van der Waals surface area contributed by atoms with Crippen molar-refractivity contribution in [1.29, 1.82) is 0 Å². The van der Waals surface area contributed by atoms with E-state index in [-0.39, 0.29) is 22.9 Å². The molecule has 2 heterocycles. The first kappa shape index (κ1) is 22.7. The first-order valence-corrected chi connectivity index (χ1v) is 12.3. The van der Waals surface area contributed by atoms with Crippen LogP contribution in [0.2, 0.25) is 5.02 Å². The van der Waals surface area contributed by atoms with Crippen molar-refractivity contribution in [3.8, 4) is 5.69 Å². The summed E-state index contributed by atoms with van der Waals surface area (Å²) in [6.45, 7) is 4.04. The third-order valence-corrected chi connectivity index (χ3v) is 7.53. The van der Waals surface area contributed by atoms with E-state index in [9.17, 15) is 14.0 Å². The van der Waals surface area contributed by atoms with Gasteiger partial charge in [-0.15, -0.1) is 11.3 Å². The Hall–Kier alpha value is -2.48. The quantitative estimate of drug-likeness (QED) is 0.170. The van der Waals surface area contributed by atoms with Crippen molar-refractivity contribution in [3.63, 3.8) is 0 Å². The van der Waals surface area contributed by atoms with Gasteiger partial charge in [-0.2, -0.15) is 0 Å². The highest BCUT2D eigenvalue weighted by atomic mass is 35.5. The largest absolute Gasteiger partial charge is 0.293 e. The Morgan fingerprint density at radius 1 is 1.16 bits per heavy atom. The number of thiophene rings is 1. The molecule has 0 aliphatic carbocycles. The van der Waals surface area contributed by atoms with Crippen LogP contribution in [0.15, 0.2) is 58.5 Å². The zero-order chi connectivity index (χ0) is 22.8. The summed E-state index contributed by atoms with van der Waals surface area (Å²) in [6.07, 6.45) is 1.84. The van der Waals surface area contributed by atoms with Gasteiger partial charge < -0.3 is 0 Å². The van der Waals surface area contributed by atoms with Gasteiger partial charge in [-0.3, -0.25) is 14.2 Å². The Labute approximate surface area is 198 Å². The van der Waals surface area contributed by atoms with E-state index in [1.54, 1.807) is 36.4 Å². The first-order chi connectivity index (χ1) is 15.4. The molecule has 0 spiro atoms. The number of carbonyl (C=O) groups is 1. The monoisotopic (exact) mass is 486 g/mol. The third kappa shape index (κ3) is 4.51. The number of hydrogen-bond donors (Lipinski definition) is 0. The van der Waals surface area contributed by atoms with Gasteiger partial charge in [-0.25, -0.2) is 9.37 Å². The molecule has 2 aromatic heterocycles. The van der Waals surface area contributed by atoms with Crippen molar-refractivity contribution in [2.75, 3.05) is 5.75 Å². The van der Waals surface area contributed by atoms with Crippen LogP contribution in [0, 0.1) is 12.7 Å². The molecule has 2 aromatic carbocycles. The van der Waals surface area contributed by atoms with Gasteiger partial charge in [0.05, 0.1) is 16.8 Å². The minimum absolute atomic E-state index is 0.0966. The van der Waals surface area contributed by atoms with E-state index < -0.39 is 0 Å². The van der Waals surface area contributed by atoms with Gasteiger partial charge in [0.2, 0.25) is 0 Å². The third-order valence-electron chi connectivity index (χ3n) is 5.09. The number of fused-ring (bicyclic) bond motifs is 1. The van der Waals surface area contributed by atoms with E-state index in [2.05, 4.69) is 6.92 Å². The molecule has 0 fully saturated rings. The molecule has 4 rings (SSSR count). The number of aromatic nitrogens is 2. The maximum absolute atomic E-state index is 13.5. The van der Waals surface area contributed by atoms with Crippen LogP contribution < -0.4 is 5.56 Å². The molecule has 0 unspecified atom stereocenters. The fourth-order valence-corrected chi connectivity index (χ4v) is 5.79. The van der Waals surface area contributed by atoms with E-state index in [0.717, 1.165) is 23.3 Å². The van der Waals surface area contributed by atoms with Crippen LogP contribution in [-0.4, -0.2) is 21.1 Å². The van der Waals surface area contributed by atoms with E-state index in [1.165, 1.54) is 39.8 Å². The summed E-state index contributed by atoms with van der Waals surface area (Å²) in [7, 11) is 0. The lowest BCUT2D eigenvalue weighted by molar-refractivity contribution is 0.102.